The van der Waals surface area contributed by atoms with Crippen LogP contribution >= 0.6 is 34.8 Å². The molecule has 160 valence electrons. The van der Waals surface area contributed by atoms with Crippen LogP contribution in [0.25, 0.3) is 0 Å². The summed E-state index contributed by atoms with van der Waals surface area (Å²) in [5.74, 6) is 0.783. The Morgan fingerprint density at radius 3 is 2.50 bits per heavy atom. The molecule has 1 N–H and O–H groups in total. The van der Waals surface area contributed by atoms with Crippen LogP contribution in [0.3, 0.4) is 0 Å². The minimum Gasteiger partial charge on any atom is -0.492 e. The zero-order valence-corrected chi connectivity index (χ0v) is 18.6. The van der Waals surface area contributed by atoms with Gasteiger partial charge in [0.05, 0.1) is 23.1 Å². The molecule has 0 radical (unpaired) electrons. The molecule has 1 saturated heterocycles. The standard InChI is InChI=1S/C22H22Cl3NO4/c23-14-9-18(24)16(19(25)10-14)12-29-15-1-2-17-20(11-15)30-13-22(17)4-7-26(8-5-22)6-3-21(27)28/h1-2,9-11H,3-8,12-13H2,(H,27,28). The van der Waals surface area contributed by atoms with Gasteiger partial charge in [-0.05, 0) is 44.1 Å². The molecular weight excluding hydrogens is 449 g/mol. The molecule has 2 aliphatic rings. The molecule has 5 nitrogen and oxygen atoms in total. The van der Waals surface area contributed by atoms with Crippen molar-refractivity contribution in [2.45, 2.75) is 31.3 Å². The van der Waals surface area contributed by atoms with E-state index in [0.29, 0.717) is 39.5 Å². The van der Waals surface area contributed by atoms with E-state index in [0.717, 1.165) is 31.7 Å². The van der Waals surface area contributed by atoms with Crippen molar-refractivity contribution in [1.29, 1.82) is 0 Å². The Balaban J connectivity index is 1.41. The maximum atomic E-state index is 10.8. The highest BCUT2D eigenvalue weighted by atomic mass is 35.5. The number of likely N-dealkylation sites (tertiary alicyclic amines) is 1. The van der Waals surface area contributed by atoms with Gasteiger partial charge in [-0.25, -0.2) is 0 Å². The molecule has 0 aliphatic carbocycles. The maximum Gasteiger partial charge on any atom is 0.304 e. The van der Waals surface area contributed by atoms with Crippen molar-refractivity contribution in [2.75, 3.05) is 26.2 Å². The molecule has 1 fully saturated rings. The van der Waals surface area contributed by atoms with Crippen LogP contribution in [-0.4, -0.2) is 42.2 Å². The Kier molecular flexibility index (Phi) is 6.35. The van der Waals surface area contributed by atoms with Crippen LogP contribution in [0.2, 0.25) is 15.1 Å². The Bertz CT molecular complexity index is 934. The van der Waals surface area contributed by atoms with Crippen molar-refractivity contribution in [1.82, 2.24) is 4.90 Å². The summed E-state index contributed by atoms with van der Waals surface area (Å²) in [6.07, 6.45) is 2.09. The van der Waals surface area contributed by atoms with Gasteiger partial charge in [0, 0.05) is 34.2 Å². The normalized spacial score (nSPS) is 17.6. The van der Waals surface area contributed by atoms with Crippen molar-refractivity contribution < 1.29 is 19.4 Å². The van der Waals surface area contributed by atoms with Crippen molar-refractivity contribution in [3.05, 3.63) is 56.5 Å². The zero-order valence-electron chi connectivity index (χ0n) is 16.3. The number of piperidine rings is 1. The smallest absolute Gasteiger partial charge is 0.304 e. The van der Waals surface area contributed by atoms with Crippen LogP contribution in [0.4, 0.5) is 0 Å². The Morgan fingerprint density at radius 1 is 1.13 bits per heavy atom. The summed E-state index contributed by atoms with van der Waals surface area (Å²) in [6, 6.07) is 9.23. The number of hydrogen-bond donors (Lipinski definition) is 1. The Labute approximate surface area is 190 Å². The zero-order chi connectivity index (χ0) is 21.3. The average Bonchev–Trinajstić information content (AvgIpc) is 3.04. The molecule has 2 aromatic rings. The molecule has 30 heavy (non-hydrogen) atoms. The van der Waals surface area contributed by atoms with E-state index in [1.165, 1.54) is 5.56 Å². The van der Waals surface area contributed by atoms with E-state index >= 15 is 0 Å². The van der Waals surface area contributed by atoms with E-state index < -0.39 is 5.97 Å². The molecule has 8 heteroatoms. The van der Waals surface area contributed by atoms with Gasteiger partial charge in [0.1, 0.15) is 18.1 Å². The third-order valence-corrected chi connectivity index (χ3v) is 6.87. The largest absolute Gasteiger partial charge is 0.492 e. The highest BCUT2D eigenvalue weighted by Gasteiger charge is 2.43. The number of hydrogen-bond acceptors (Lipinski definition) is 4. The number of carboxylic acids is 1. The molecule has 2 aliphatic heterocycles. The van der Waals surface area contributed by atoms with Gasteiger partial charge in [0.25, 0.3) is 0 Å². The minimum atomic E-state index is -0.751. The fourth-order valence-electron chi connectivity index (χ4n) is 4.18. The number of carbonyl (C=O) groups is 1. The van der Waals surface area contributed by atoms with Gasteiger partial charge in [0.2, 0.25) is 0 Å². The predicted molar refractivity (Wildman–Crippen MR) is 117 cm³/mol. The van der Waals surface area contributed by atoms with Crippen LogP contribution in [0.15, 0.2) is 30.3 Å². The van der Waals surface area contributed by atoms with Crippen LogP contribution in [0, 0.1) is 0 Å². The summed E-state index contributed by atoms with van der Waals surface area (Å²) in [5.41, 5.74) is 1.89. The molecule has 0 bridgehead atoms. The van der Waals surface area contributed by atoms with E-state index in [2.05, 4.69) is 11.0 Å². The first-order valence-electron chi connectivity index (χ1n) is 9.84. The lowest BCUT2D eigenvalue weighted by atomic mass is 9.74. The minimum absolute atomic E-state index is 0.00359. The maximum absolute atomic E-state index is 10.8. The van der Waals surface area contributed by atoms with Crippen molar-refractivity contribution in [3.63, 3.8) is 0 Å². The van der Waals surface area contributed by atoms with Gasteiger partial charge in [-0.2, -0.15) is 0 Å². The summed E-state index contributed by atoms with van der Waals surface area (Å²) in [7, 11) is 0. The van der Waals surface area contributed by atoms with E-state index in [1.807, 2.05) is 12.1 Å². The first-order chi connectivity index (χ1) is 14.4. The Hall–Kier alpha value is -1.66. The monoisotopic (exact) mass is 469 g/mol. The number of benzene rings is 2. The second-order valence-electron chi connectivity index (χ2n) is 7.85. The van der Waals surface area contributed by atoms with E-state index in [4.69, 9.17) is 49.4 Å². The predicted octanol–water partition coefficient (Wildman–Crippen LogP) is 5.43. The van der Waals surface area contributed by atoms with Crippen LogP contribution in [0.5, 0.6) is 11.5 Å². The van der Waals surface area contributed by atoms with Crippen LogP contribution in [-0.2, 0) is 16.8 Å². The van der Waals surface area contributed by atoms with Gasteiger partial charge >= 0.3 is 5.97 Å². The summed E-state index contributed by atoms with van der Waals surface area (Å²) < 4.78 is 11.9. The van der Waals surface area contributed by atoms with Crippen LogP contribution in [0.1, 0.15) is 30.4 Å². The fraction of sp³-hybridized carbons (Fsp3) is 0.409. The summed E-state index contributed by atoms with van der Waals surface area (Å²) in [5, 5.41) is 10.3. The second-order valence-corrected chi connectivity index (χ2v) is 9.10. The number of fused-ring (bicyclic) bond motifs is 2. The second kappa shape index (κ2) is 8.83. The number of halogens is 3. The quantitative estimate of drug-likeness (QED) is 0.610. The average molecular weight is 471 g/mol. The highest BCUT2D eigenvalue weighted by Crippen LogP contribution is 2.46. The number of rotatable bonds is 6. The molecule has 1 spiro atoms. The summed E-state index contributed by atoms with van der Waals surface area (Å²) in [4.78, 5) is 13.0. The third kappa shape index (κ3) is 4.50. The van der Waals surface area contributed by atoms with Gasteiger partial charge in [-0.15, -0.1) is 0 Å². The Morgan fingerprint density at radius 2 is 1.83 bits per heavy atom. The highest BCUT2D eigenvalue weighted by molar-refractivity contribution is 6.39. The number of aliphatic carboxylic acids is 1. The van der Waals surface area contributed by atoms with Crippen molar-refractivity contribution in [3.8, 4) is 11.5 Å². The molecule has 2 aromatic carbocycles. The topological polar surface area (TPSA) is 59.0 Å². The first-order valence-corrected chi connectivity index (χ1v) is 11.0. The third-order valence-electron chi connectivity index (χ3n) is 5.97. The lowest BCUT2D eigenvalue weighted by Gasteiger charge is -2.38. The van der Waals surface area contributed by atoms with Gasteiger partial charge < -0.3 is 19.5 Å². The summed E-state index contributed by atoms with van der Waals surface area (Å²) in [6.45, 7) is 3.23. The SMILES string of the molecule is O=C(O)CCN1CCC2(CC1)COc1cc(OCc3c(Cl)cc(Cl)cc3Cl)ccc12. The van der Waals surface area contributed by atoms with Gasteiger partial charge in [0.15, 0.2) is 0 Å². The van der Waals surface area contributed by atoms with Gasteiger partial charge in [-0.3, -0.25) is 4.79 Å². The molecule has 2 heterocycles. The fourth-order valence-corrected chi connectivity index (χ4v) is 5.11. The lowest BCUT2D eigenvalue weighted by molar-refractivity contribution is -0.137. The molecular formula is C22H22Cl3NO4. The summed E-state index contributed by atoms with van der Waals surface area (Å²) >= 11 is 18.4. The molecule has 4 rings (SSSR count). The van der Waals surface area contributed by atoms with Crippen molar-refractivity contribution >= 4 is 40.8 Å². The number of carboxylic acid groups (broad SMARTS) is 1. The van der Waals surface area contributed by atoms with Gasteiger partial charge in [-0.1, -0.05) is 40.9 Å². The van der Waals surface area contributed by atoms with Crippen LogP contribution < -0.4 is 9.47 Å². The first kappa shape index (κ1) is 21.6. The van der Waals surface area contributed by atoms with E-state index in [1.54, 1.807) is 12.1 Å². The molecule has 0 saturated carbocycles. The molecule has 0 unspecified atom stereocenters. The molecule has 0 aromatic heterocycles. The number of ether oxygens (including phenoxy) is 2. The lowest BCUT2D eigenvalue weighted by Crippen LogP contribution is -2.44. The van der Waals surface area contributed by atoms with E-state index in [9.17, 15) is 4.79 Å². The molecule has 0 amide bonds. The van der Waals surface area contributed by atoms with E-state index in [-0.39, 0.29) is 18.4 Å². The number of nitrogens with zero attached hydrogens (tertiary/aromatic N) is 1. The van der Waals surface area contributed by atoms with Crippen molar-refractivity contribution in [2.24, 2.45) is 0 Å². The molecule has 0 atom stereocenters.